The maximum absolute atomic E-state index is 11.9. The summed E-state index contributed by atoms with van der Waals surface area (Å²) >= 11 is 2.29. The number of rotatable bonds is 3. The van der Waals surface area contributed by atoms with Gasteiger partial charge in [-0.1, -0.05) is 40.8 Å². The molecule has 1 N–H and O–H groups in total. The molecular formula is C12H14INO2. The number of nitrogens with one attached hydrogen (secondary N) is 1. The van der Waals surface area contributed by atoms with Crippen LogP contribution >= 0.6 is 22.6 Å². The van der Waals surface area contributed by atoms with Crippen molar-refractivity contribution >= 4 is 28.5 Å². The van der Waals surface area contributed by atoms with Crippen molar-refractivity contribution in [3.05, 3.63) is 35.9 Å². The van der Waals surface area contributed by atoms with Gasteiger partial charge >= 0.3 is 0 Å². The zero-order valence-corrected chi connectivity index (χ0v) is 11.0. The van der Waals surface area contributed by atoms with Crippen molar-refractivity contribution < 1.29 is 9.53 Å². The first-order chi connectivity index (χ1) is 7.81. The van der Waals surface area contributed by atoms with Crippen molar-refractivity contribution in [1.82, 2.24) is 5.32 Å². The molecule has 0 saturated carbocycles. The Balaban J connectivity index is 1.97. The molecule has 1 heterocycles. The van der Waals surface area contributed by atoms with Crippen LogP contribution in [0.15, 0.2) is 30.3 Å². The number of benzene rings is 1. The topological polar surface area (TPSA) is 38.3 Å². The quantitative estimate of drug-likeness (QED) is 0.680. The lowest BCUT2D eigenvalue weighted by molar-refractivity contribution is 0.0878. The number of ether oxygens (including phenoxy) is 1. The fraction of sp³-hybridized carbons (Fsp3) is 0.417. The summed E-state index contributed by atoms with van der Waals surface area (Å²) in [5.74, 6) is -0.00838. The number of hydrogen-bond acceptors (Lipinski definition) is 2. The Hall–Kier alpha value is -0.620. The molecule has 1 aromatic rings. The minimum atomic E-state index is -0.00838. The van der Waals surface area contributed by atoms with E-state index in [-0.39, 0.29) is 18.1 Å². The molecule has 1 aliphatic rings. The first-order valence-corrected chi connectivity index (χ1v) is 6.87. The van der Waals surface area contributed by atoms with E-state index in [0.717, 1.165) is 17.5 Å². The van der Waals surface area contributed by atoms with Gasteiger partial charge in [0.25, 0.3) is 5.91 Å². The van der Waals surface area contributed by atoms with Crippen molar-refractivity contribution in [3.8, 4) is 0 Å². The molecule has 0 unspecified atom stereocenters. The van der Waals surface area contributed by atoms with Crippen LogP contribution in [0.1, 0.15) is 16.8 Å². The van der Waals surface area contributed by atoms with E-state index in [1.807, 2.05) is 30.3 Å². The molecule has 2 rings (SSSR count). The van der Waals surface area contributed by atoms with Gasteiger partial charge in [0.2, 0.25) is 0 Å². The highest BCUT2D eigenvalue weighted by Gasteiger charge is 2.28. The van der Waals surface area contributed by atoms with Crippen molar-refractivity contribution in [1.29, 1.82) is 0 Å². The predicted octanol–water partition coefficient (Wildman–Crippen LogP) is 2.01. The fourth-order valence-corrected chi connectivity index (χ4v) is 2.67. The van der Waals surface area contributed by atoms with Gasteiger partial charge in [0.05, 0.1) is 12.1 Å². The Morgan fingerprint density at radius 3 is 2.88 bits per heavy atom. The molecule has 0 spiro atoms. The summed E-state index contributed by atoms with van der Waals surface area (Å²) in [6, 6.07) is 9.45. The molecule has 0 bridgehead atoms. The van der Waals surface area contributed by atoms with Crippen LogP contribution in [0.25, 0.3) is 0 Å². The zero-order chi connectivity index (χ0) is 11.4. The van der Waals surface area contributed by atoms with E-state index in [4.69, 9.17) is 4.74 Å². The molecule has 2 atom stereocenters. The van der Waals surface area contributed by atoms with Crippen LogP contribution in [0.5, 0.6) is 0 Å². The molecule has 1 fully saturated rings. The largest absolute Gasteiger partial charge is 0.375 e. The van der Waals surface area contributed by atoms with E-state index in [0.29, 0.717) is 5.56 Å². The third kappa shape index (κ3) is 2.74. The molecule has 1 saturated heterocycles. The summed E-state index contributed by atoms with van der Waals surface area (Å²) in [5.41, 5.74) is 0.710. The van der Waals surface area contributed by atoms with Crippen LogP contribution in [-0.4, -0.2) is 29.1 Å². The summed E-state index contributed by atoms with van der Waals surface area (Å²) in [7, 11) is 0. The van der Waals surface area contributed by atoms with Crippen molar-refractivity contribution in [2.24, 2.45) is 0 Å². The molecule has 86 valence electrons. The average Bonchev–Trinajstić information content (AvgIpc) is 2.77. The van der Waals surface area contributed by atoms with Crippen molar-refractivity contribution in [2.45, 2.75) is 18.6 Å². The molecule has 1 aliphatic heterocycles. The predicted molar refractivity (Wildman–Crippen MR) is 70.9 cm³/mol. The second-order valence-electron chi connectivity index (χ2n) is 3.80. The minimum Gasteiger partial charge on any atom is -0.375 e. The highest BCUT2D eigenvalue weighted by atomic mass is 127. The lowest BCUT2D eigenvalue weighted by Crippen LogP contribution is -2.41. The smallest absolute Gasteiger partial charge is 0.251 e. The van der Waals surface area contributed by atoms with Crippen molar-refractivity contribution in [2.75, 3.05) is 11.0 Å². The monoisotopic (exact) mass is 331 g/mol. The standard InChI is InChI=1S/C12H14INO2/c13-8-11-10(6-7-16-11)14-12(15)9-4-2-1-3-5-9/h1-5,10-11H,6-8H2,(H,14,15)/t10-,11-/m1/s1. The Morgan fingerprint density at radius 2 is 2.19 bits per heavy atom. The van der Waals surface area contributed by atoms with Crippen molar-refractivity contribution in [3.63, 3.8) is 0 Å². The van der Waals surface area contributed by atoms with Crippen LogP contribution in [0.2, 0.25) is 0 Å². The number of halogens is 1. The normalized spacial score (nSPS) is 24.3. The van der Waals surface area contributed by atoms with Crippen LogP contribution in [0.4, 0.5) is 0 Å². The van der Waals surface area contributed by atoms with Crippen LogP contribution < -0.4 is 5.32 Å². The number of alkyl halides is 1. The summed E-state index contributed by atoms with van der Waals surface area (Å²) in [6.07, 6.45) is 1.07. The van der Waals surface area contributed by atoms with Crippen LogP contribution in [0, 0.1) is 0 Å². The van der Waals surface area contributed by atoms with E-state index in [9.17, 15) is 4.79 Å². The Bertz CT molecular complexity index is 355. The van der Waals surface area contributed by atoms with Gasteiger partial charge in [-0.15, -0.1) is 0 Å². The molecule has 0 aliphatic carbocycles. The summed E-state index contributed by atoms with van der Waals surface area (Å²) in [5, 5.41) is 3.03. The van der Waals surface area contributed by atoms with E-state index in [1.54, 1.807) is 0 Å². The molecule has 3 nitrogen and oxygen atoms in total. The number of amides is 1. The third-order valence-corrected chi connectivity index (χ3v) is 3.58. The Labute approximate surface area is 109 Å². The maximum atomic E-state index is 11.9. The summed E-state index contributed by atoms with van der Waals surface area (Å²) in [4.78, 5) is 11.9. The lowest BCUT2D eigenvalue weighted by Gasteiger charge is -2.17. The number of hydrogen-bond donors (Lipinski definition) is 1. The van der Waals surface area contributed by atoms with E-state index >= 15 is 0 Å². The number of carbonyl (C=O) groups is 1. The van der Waals surface area contributed by atoms with Gasteiger partial charge < -0.3 is 10.1 Å². The molecule has 1 amide bonds. The van der Waals surface area contributed by atoms with E-state index < -0.39 is 0 Å². The average molecular weight is 331 g/mol. The highest BCUT2D eigenvalue weighted by molar-refractivity contribution is 14.1. The highest BCUT2D eigenvalue weighted by Crippen LogP contribution is 2.16. The maximum Gasteiger partial charge on any atom is 0.251 e. The van der Waals surface area contributed by atoms with Crippen LogP contribution in [0.3, 0.4) is 0 Å². The third-order valence-electron chi connectivity index (χ3n) is 2.71. The van der Waals surface area contributed by atoms with Crippen LogP contribution in [-0.2, 0) is 4.74 Å². The van der Waals surface area contributed by atoms with Gasteiger partial charge in [0.15, 0.2) is 0 Å². The van der Waals surface area contributed by atoms with Gasteiger partial charge in [-0.2, -0.15) is 0 Å². The van der Waals surface area contributed by atoms with Gasteiger partial charge in [0, 0.05) is 16.6 Å². The molecule has 0 aromatic heterocycles. The minimum absolute atomic E-state index is 0.00838. The molecule has 1 aromatic carbocycles. The second kappa shape index (κ2) is 5.63. The van der Waals surface area contributed by atoms with Gasteiger partial charge in [-0.25, -0.2) is 0 Å². The fourth-order valence-electron chi connectivity index (χ4n) is 1.81. The van der Waals surface area contributed by atoms with Gasteiger partial charge in [-0.3, -0.25) is 4.79 Å². The molecular weight excluding hydrogens is 317 g/mol. The lowest BCUT2D eigenvalue weighted by atomic mass is 10.1. The first kappa shape index (κ1) is 11.9. The van der Waals surface area contributed by atoms with E-state index in [1.165, 1.54) is 0 Å². The Morgan fingerprint density at radius 1 is 1.44 bits per heavy atom. The molecule has 0 radical (unpaired) electrons. The van der Waals surface area contributed by atoms with Gasteiger partial charge in [0.1, 0.15) is 0 Å². The molecule has 16 heavy (non-hydrogen) atoms. The summed E-state index contributed by atoms with van der Waals surface area (Å²) in [6.45, 7) is 0.743. The molecule has 4 heteroatoms. The van der Waals surface area contributed by atoms with E-state index in [2.05, 4.69) is 27.9 Å². The number of carbonyl (C=O) groups excluding carboxylic acids is 1. The Kier molecular flexibility index (Phi) is 4.17. The first-order valence-electron chi connectivity index (χ1n) is 5.34. The summed E-state index contributed by atoms with van der Waals surface area (Å²) < 4.78 is 6.44. The second-order valence-corrected chi connectivity index (χ2v) is 4.68. The SMILES string of the molecule is O=C(N[C@@H]1CCO[C@@H]1CI)c1ccccc1. The zero-order valence-electron chi connectivity index (χ0n) is 8.86. The van der Waals surface area contributed by atoms with Gasteiger partial charge in [-0.05, 0) is 18.6 Å².